The summed E-state index contributed by atoms with van der Waals surface area (Å²) in [5.41, 5.74) is -0.234. The molecule has 15 heteroatoms. The molecule has 3 amide bonds. The van der Waals surface area contributed by atoms with Gasteiger partial charge in [-0.1, -0.05) is 0 Å². The number of nitrogens with zero attached hydrogens (tertiary/aromatic N) is 1. The minimum atomic E-state index is -1.00. The van der Waals surface area contributed by atoms with Crippen molar-refractivity contribution in [2.45, 2.75) is 59.4 Å². The fourth-order valence-electron chi connectivity index (χ4n) is 3.47. The smallest absolute Gasteiger partial charge is 0.328 e. The van der Waals surface area contributed by atoms with E-state index >= 15 is 0 Å². The van der Waals surface area contributed by atoms with Crippen LogP contribution in [-0.4, -0.2) is 65.4 Å². The molecule has 0 fully saturated rings. The molecule has 5 N–H and O–H groups in total. The van der Waals surface area contributed by atoms with Gasteiger partial charge in [0.05, 0.1) is 28.7 Å². The van der Waals surface area contributed by atoms with Gasteiger partial charge in [-0.3, -0.25) is 34.3 Å². The van der Waals surface area contributed by atoms with Crippen molar-refractivity contribution in [2.24, 2.45) is 0 Å². The third-order valence-corrected chi connectivity index (χ3v) is 6.20. The van der Waals surface area contributed by atoms with Gasteiger partial charge in [0, 0.05) is 26.8 Å². The number of nitrogens with one attached hydrogen (secondary N) is 5. The molecule has 2 aromatic rings. The lowest BCUT2D eigenvalue weighted by Gasteiger charge is -2.16. The van der Waals surface area contributed by atoms with E-state index < -0.39 is 41.3 Å². The first-order valence-corrected chi connectivity index (χ1v) is 13.5. The van der Waals surface area contributed by atoms with E-state index in [1.807, 2.05) is 0 Å². The van der Waals surface area contributed by atoms with Gasteiger partial charge in [0.2, 0.25) is 17.8 Å². The second kappa shape index (κ2) is 16.0. The van der Waals surface area contributed by atoms with Crippen molar-refractivity contribution in [1.82, 2.24) is 15.3 Å². The molecule has 0 saturated heterocycles. The van der Waals surface area contributed by atoms with Gasteiger partial charge in [-0.15, -0.1) is 11.3 Å². The summed E-state index contributed by atoms with van der Waals surface area (Å²) in [5, 5.41) is 11.4. The van der Waals surface area contributed by atoms with Gasteiger partial charge in [0.15, 0.2) is 0 Å². The number of carbonyl (C=O) groups excluding carboxylic acids is 5. The lowest BCUT2D eigenvalue weighted by atomic mass is 10.1. The maximum absolute atomic E-state index is 12.8. The van der Waals surface area contributed by atoms with E-state index in [2.05, 4.69) is 31.2 Å². The zero-order valence-corrected chi connectivity index (χ0v) is 23.6. The van der Waals surface area contributed by atoms with Crippen molar-refractivity contribution in [2.75, 3.05) is 35.7 Å². The Bertz CT molecular complexity index is 1270. The number of ether oxygens (including phenoxy) is 2. The van der Waals surface area contributed by atoms with Crippen LogP contribution < -0.4 is 26.8 Å². The molecule has 1 atom stereocenters. The fourth-order valence-corrected chi connectivity index (χ4v) is 4.31. The molecule has 0 aliphatic carbocycles. The maximum Gasteiger partial charge on any atom is 0.328 e. The van der Waals surface area contributed by atoms with E-state index in [0.29, 0.717) is 22.8 Å². The van der Waals surface area contributed by atoms with Crippen LogP contribution in [0.3, 0.4) is 0 Å². The summed E-state index contributed by atoms with van der Waals surface area (Å²) in [6.07, 6.45) is 0.744. The number of amides is 3. The van der Waals surface area contributed by atoms with Gasteiger partial charge in [0.25, 0.3) is 11.5 Å². The molecule has 14 nitrogen and oxygen atoms in total. The molecule has 0 bridgehead atoms. The molecular formula is C25H34N6O8S. The number of hydrogen-bond donors (Lipinski definition) is 5. The number of esters is 2. The fraction of sp³-hybridized carbons (Fsp3) is 0.480. The topological polar surface area (TPSA) is 198 Å². The van der Waals surface area contributed by atoms with E-state index in [1.165, 1.54) is 13.8 Å². The third kappa shape index (κ3) is 10.5. The minimum absolute atomic E-state index is 0.0418. The van der Waals surface area contributed by atoms with Crippen LogP contribution in [0.5, 0.6) is 0 Å². The lowest BCUT2D eigenvalue weighted by Crippen LogP contribution is -2.42. The highest BCUT2D eigenvalue weighted by Gasteiger charge is 2.24. The zero-order chi connectivity index (χ0) is 29.7. The SMILES string of the molecule is CCOC(=O)CC[C@H](NC(=O)c1ccc(NCCCc2c(NC(C)=O)nc(NC(C)=O)[nH]c2=O)s1)C(=O)OCC. The minimum Gasteiger partial charge on any atom is -0.466 e. The highest BCUT2D eigenvalue weighted by atomic mass is 32.1. The first-order chi connectivity index (χ1) is 19.0. The van der Waals surface area contributed by atoms with Crippen LogP contribution in [0.4, 0.5) is 16.8 Å². The summed E-state index contributed by atoms with van der Waals surface area (Å²) in [7, 11) is 0. The van der Waals surface area contributed by atoms with Crippen LogP contribution in [0.2, 0.25) is 0 Å². The van der Waals surface area contributed by atoms with Crippen molar-refractivity contribution in [1.29, 1.82) is 0 Å². The number of hydrogen-bond acceptors (Lipinski definition) is 11. The number of rotatable bonds is 15. The van der Waals surface area contributed by atoms with Gasteiger partial charge in [-0.05, 0) is 45.2 Å². The largest absolute Gasteiger partial charge is 0.466 e. The molecule has 2 aromatic heterocycles. The molecule has 218 valence electrons. The molecular weight excluding hydrogens is 544 g/mol. The normalized spacial score (nSPS) is 11.2. The molecule has 0 aromatic carbocycles. The van der Waals surface area contributed by atoms with E-state index in [-0.39, 0.29) is 49.8 Å². The molecule has 0 unspecified atom stereocenters. The van der Waals surface area contributed by atoms with Gasteiger partial charge in [0.1, 0.15) is 11.9 Å². The summed E-state index contributed by atoms with van der Waals surface area (Å²) in [5.74, 6) is -2.44. The Hall–Kier alpha value is -4.27. The number of thiophene rings is 1. The predicted molar refractivity (Wildman–Crippen MR) is 148 cm³/mol. The highest BCUT2D eigenvalue weighted by Crippen LogP contribution is 2.22. The maximum atomic E-state index is 12.8. The Morgan fingerprint density at radius 3 is 2.38 bits per heavy atom. The molecule has 0 saturated carbocycles. The Balaban J connectivity index is 1.97. The van der Waals surface area contributed by atoms with E-state index in [1.54, 1.807) is 26.0 Å². The van der Waals surface area contributed by atoms with E-state index in [9.17, 15) is 28.8 Å². The van der Waals surface area contributed by atoms with Gasteiger partial charge in [-0.25, -0.2) is 4.79 Å². The van der Waals surface area contributed by atoms with Gasteiger partial charge < -0.3 is 25.4 Å². The third-order valence-electron chi connectivity index (χ3n) is 5.16. The van der Waals surface area contributed by atoms with Gasteiger partial charge >= 0.3 is 11.9 Å². The van der Waals surface area contributed by atoms with Crippen LogP contribution in [0.1, 0.15) is 62.2 Å². The Morgan fingerprint density at radius 2 is 1.73 bits per heavy atom. The van der Waals surface area contributed by atoms with Crippen molar-refractivity contribution in [3.05, 3.63) is 32.9 Å². The average Bonchev–Trinajstić information content (AvgIpc) is 3.34. The summed E-state index contributed by atoms with van der Waals surface area (Å²) >= 11 is 1.16. The summed E-state index contributed by atoms with van der Waals surface area (Å²) in [6, 6.07) is 2.30. The average molecular weight is 579 g/mol. The number of aromatic amines is 1. The molecule has 0 aliphatic rings. The predicted octanol–water partition coefficient (Wildman–Crippen LogP) is 1.80. The number of carbonyl (C=O) groups is 5. The molecule has 2 rings (SSSR count). The number of aromatic nitrogens is 2. The van der Waals surface area contributed by atoms with Crippen molar-refractivity contribution in [3.63, 3.8) is 0 Å². The van der Waals surface area contributed by atoms with Crippen molar-refractivity contribution in [3.8, 4) is 0 Å². The first-order valence-electron chi connectivity index (χ1n) is 12.7. The first kappa shape index (κ1) is 31.9. The second-order valence-electron chi connectivity index (χ2n) is 8.42. The van der Waals surface area contributed by atoms with Crippen LogP contribution in [0, 0.1) is 0 Å². The summed E-state index contributed by atoms with van der Waals surface area (Å²) in [6.45, 7) is 6.65. The molecule has 40 heavy (non-hydrogen) atoms. The quantitative estimate of drug-likeness (QED) is 0.153. The summed E-state index contributed by atoms with van der Waals surface area (Å²) < 4.78 is 9.90. The van der Waals surface area contributed by atoms with Gasteiger partial charge in [-0.2, -0.15) is 4.98 Å². The van der Waals surface area contributed by atoms with Crippen LogP contribution in [0.25, 0.3) is 0 Å². The van der Waals surface area contributed by atoms with Crippen LogP contribution in [-0.2, 0) is 35.1 Å². The monoisotopic (exact) mass is 578 g/mol. The van der Waals surface area contributed by atoms with E-state index in [4.69, 9.17) is 9.47 Å². The lowest BCUT2D eigenvalue weighted by molar-refractivity contribution is -0.147. The zero-order valence-electron chi connectivity index (χ0n) is 22.8. The Labute approximate surface area is 234 Å². The van der Waals surface area contributed by atoms with E-state index in [0.717, 1.165) is 11.3 Å². The number of anilines is 3. The number of H-pyrrole nitrogens is 1. The Morgan fingerprint density at radius 1 is 1.02 bits per heavy atom. The molecule has 0 spiro atoms. The highest BCUT2D eigenvalue weighted by molar-refractivity contribution is 7.17. The standard InChI is InChI=1S/C25H34N6O8S/c1-5-38-20(34)12-9-17(24(37)39-6-2)29-23(36)18-10-11-19(40-18)26-13-7-8-16-21(27-14(3)32)30-25(28-15(4)33)31-22(16)35/h10-11,17,26H,5-9,12-13H2,1-4H3,(H,29,36)(H3,27,28,30,31,32,33,35)/t17-/m0/s1. The Kier molecular flexibility index (Phi) is 12.8. The molecule has 0 radical (unpaired) electrons. The van der Waals surface area contributed by atoms with Crippen molar-refractivity contribution >= 4 is 57.8 Å². The molecule has 2 heterocycles. The van der Waals surface area contributed by atoms with Crippen LogP contribution >= 0.6 is 11.3 Å². The van der Waals surface area contributed by atoms with Crippen molar-refractivity contribution < 1.29 is 33.4 Å². The second-order valence-corrected chi connectivity index (χ2v) is 9.50. The summed E-state index contributed by atoms with van der Waals surface area (Å²) in [4.78, 5) is 79.1. The van der Waals surface area contributed by atoms with Crippen LogP contribution in [0.15, 0.2) is 16.9 Å². The molecule has 0 aliphatic heterocycles.